The number of aromatic nitrogens is 2. The molecule has 0 bridgehead atoms. The van der Waals surface area contributed by atoms with Gasteiger partial charge in [0.15, 0.2) is 11.3 Å². The molecule has 1 N–H and O–H groups in total. The second-order valence-corrected chi connectivity index (χ2v) is 7.31. The normalized spacial score (nSPS) is 19.1. The zero-order valence-electron chi connectivity index (χ0n) is 14.9. The minimum absolute atomic E-state index is 0.0204. The quantitative estimate of drug-likeness (QED) is 0.491. The average Bonchev–Trinajstić information content (AvgIpc) is 3.25. The molecule has 0 aliphatic carbocycles. The smallest absolute Gasteiger partial charge is 0.347 e. The van der Waals surface area contributed by atoms with Crippen LogP contribution in [0.4, 0.5) is 0 Å². The molecule has 0 atom stereocenters. The van der Waals surface area contributed by atoms with E-state index in [4.69, 9.17) is 9.47 Å². The Bertz CT molecular complexity index is 957. The molecular formula is C19H19N3O4S. The SMILES string of the molecule is CCOC(=O)C1=C(N2CCSCC2)OC(=Cc2c[nH]c3ncccc23)C1=O. The second-order valence-electron chi connectivity index (χ2n) is 6.08. The molecule has 140 valence electrons. The van der Waals surface area contributed by atoms with Gasteiger partial charge in [-0.2, -0.15) is 11.8 Å². The lowest BCUT2D eigenvalue weighted by Gasteiger charge is -2.28. The van der Waals surface area contributed by atoms with Crippen LogP contribution in [0.5, 0.6) is 0 Å². The van der Waals surface area contributed by atoms with Crippen molar-refractivity contribution in [3.8, 4) is 0 Å². The third-order valence-electron chi connectivity index (χ3n) is 4.42. The number of hydrogen-bond acceptors (Lipinski definition) is 7. The fourth-order valence-corrected chi connectivity index (χ4v) is 4.03. The molecule has 0 radical (unpaired) electrons. The Balaban J connectivity index is 1.70. The minimum Gasteiger partial charge on any atom is -0.462 e. The number of ketones is 1. The number of fused-ring (bicyclic) bond motifs is 1. The highest BCUT2D eigenvalue weighted by molar-refractivity contribution is 7.99. The number of H-pyrrole nitrogens is 1. The third kappa shape index (κ3) is 3.32. The molecule has 2 aromatic heterocycles. The van der Waals surface area contributed by atoms with Crippen LogP contribution in [0.25, 0.3) is 17.1 Å². The summed E-state index contributed by atoms with van der Waals surface area (Å²) in [7, 11) is 0. The van der Waals surface area contributed by atoms with E-state index >= 15 is 0 Å². The number of carbonyl (C=O) groups is 2. The van der Waals surface area contributed by atoms with Gasteiger partial charge in [0.05, 0.1) is 6.61 Å². The van der Waals surface area contributed by atoms with Gasteiger partial charge in [0.25, 0.3) is 0 Å². The van der Waals surface area contributed by atoms with Gasteiger partial charge in [-0.15, -0.1) is 0 Å². The molecule has 0 spiro atoms. The number of aromatic amines is 1. The number of rotatable bonds is 4. The molecule has 1 fully saturated rings. The maximum Gasteiger partial charge on any atom is 0.347 e. The highest BCUT2D eigenvalue weighted by atomic mass is 32.2. The molecule has 2 aliphatic heterocycles. The van der Waals surface area contributed by atoms with E-state index in [2.05, 4.69) is 9.97 Å². The fourth-order valence-electron chi connectivity index (χ4n) is 3.13. The Morgan fingerprint density at radius 2 is 2.26 bits per heavy atom. The average molecular weight is 385 g/mol. The Labute approximate surface area is 160 Å². The number of allylic oxidation sites excluding steroid dienone is 1. The molecule has 0 saturated carbocycles. The first kappa shape index (κ1) is 17.7. The third-order valence-corrected chi connectivity index (χ3v) is 5.36. The van der Waals surface area contributed by atoms with E-state index in [0.29, 0.717) is 5.88 Å². The second kappa shape index (κ2) is 7.48. The number of ether oxygens (including phenoxy) is 2. The lowest BCUT2D eigenvalue weighted by molar-refractivity contribution is -0.139. The summed E-state index contributed by atoms with van der Waals surface area (Å²) in [6, 6.07) is 3.74. The van der Waals surface area contributed by atoms with Crippen molar-refractivity contribution < 1.29 is 19.1 Å². The van der Waals surface area contributed by atoms with Crippen molar-refractivity contribution in [3.05, 3.63) is 47.3 Å². The van der Waals surface area contributed by atoms with Crippen molar-refractivity contribution in [1.29, 1.82) is 0 Å². The molecule has 4 rings (SSSR count). The van der Waals surface area contributed by atoms with E-state index in [1.54, 1.807) is 25.4 Å². The van der Waals surface area contributed by atoms with E-state index in [9.17, 15) is 9.59 Å². The molecule has 7 nitrogen and oxygen atoms in total. The van der Waals surface area contributed by atoms with Crippen LogP contribution < -0.4 is 0 Å². The maximum absolute atomic E-state index is 12.9. The number of carbonyl (C=O) groups excluding carboxylic acids is 2. The summed E-state index contributed by atoms with van der Waals surface area (Å²) in [6.45, 7) is 3.36. The van der Waals surface area contributed by atoms with Crippen LogP contribution in [0.3, 0.4) is 0 Å². The number of Topliss-reactive ketones (excluding diaryl/α,β-unsaturated/α-hetero) is 1. The van der Waals surface area contributed by atoms with E-state index in [-0.39, 0.29) is 17.9 Å². The molecule has 2 aliphatic rings. The van der Waals surface area contributed by atoms with Crippen LogP contribution in [0.15, 0.2) is 41.7 Å². The highest BCUT2D eigenvalue weighted by Crippen LogP contribution is 2.32. The van der Waals surface area contributed by atoms with Crippen molar-refractivity contribution in [3.63, 3.8) is 0 Å². The van der Waals surface area contributed by atoms with Crippen molar-refractivity contribution in [2.24, 2.45) is 0 Å². The summed E-state index contributed by atoms with van der Waals surface area (Å²) in [4.78, 5) is 34.6. The largest absolute Gasteiger partial charge is 0.462 e. The maximum atomic E-state index is 12.9. The van der Waals surface area contributed by atoms with E-state index in [1.807, 2.05) is 28.8 Å². The first-order valence-corrected chi connectivity index (χ1v) is 9.95. The van der Waals surface area contributed by atoms with Crippen LogP contribution in [-0.2, 0) is 19.1 Å². The zero-order valence-corrected chi connectivity index (χ0v) is 15.7. The van der Waals surface area contributed by atoms with E-state index < -0.39 is 11.8 Å². The van der Waals surface area contributed by atoms with Gasteiger partial charge in [-0.1, -0.05) is 0 Å². The predicted molar refractivity (Wildman–Crippen MR) is 103 cm³/mol. The fraction of sp³-hybridized carbons (Fsp3) is 0.316. The van der Waals surface area contributed by atoms with E-state index in [0.717, 1.165) is 41.2 Å². The van der Waals surface area contributed by atoms with Gasteiger partial charge in [0, 0.05) is 47.9 Å². The van der Waals surface area contributed by atoms with Gasteiger partial charge in [-0.3, -0.25) is 4.79 Å². The number of pyridine rings is 1. The van der Waals surface area contributed by atoms with Gasteiger partial charge in [-0.25, -0.2) is 9.78 Å². The molecule has 0 unspecified atom stereocenters. The summed E-state index contributed by atoms with van der Waals surface area (Å²) in [5.74, 6) is 1.19. The van der Waals surface area contributed by atoms with Crippen LogP contribution in [0.1, 0.15) is 12.5 Å². The summed E-state index contributed by atoms with van der Waals surface area (Å²) in [5.41, 5.74) is 1.48. The lowest BCUT2D eigenvalue weighted by Crippen LogP contribution is -2.33. The van der Waals surface area contributed by atoms with Crippen molar-refractivity contribution in [1.82, 2.24) is 14.9 Å². The molecule has 4 heterocycles. The summed E-state index contributed by atoms with van der Waals surface area (Å²) >= 11 is 1.84. The molecule has 2 aromatic rings. The summed E-state index contributed by atoms with van der Waals surface area (Å²) in [5, 5.41) is 0.877. The Hall–Kier alpha value is -2.74. The minimum atomic E-state index is -0.639. The van der Waals surface area contributed by atoms with Crippen LogP contribution in [-0.4, -0.2) is 57.8 Å². The number of hydrogen-bond donors (Lipinski definition) is 1. The number of thioether (sulfide) groups is 1. The molecule has 1 saturated heterocycles. The van der Waals surface area contributed by atoms with Crippen molar-refractivity contribution in [2.45, 2.75) is 6.92 Å². The standard InChI is InChI=1S/C19H19N3O4S/c1-2-25-19(24)15-16(23)14(26-18(15)22-6-8-27-9-7-22)10-12-11-21-17-13(12)4-3-5-20-17/h3-5,10-11H,2,6-9H2,1H3,(H,20,21). The van der Waals surface area contributed by atoms with E-state index in [1.165, 1.54) is 0 Å². The molecule has 0 amide bonds. The summed E-state index contributed by atoms with van der Waals surface area (Å²) < 4.78 is 11.0. The van der Waals surface area contributed by atoms with Crippen LogP contribution >= 0.6 is 11.8 Å². The van der Waals surface area contributed by atoms with Crippen molar-refractivity contribution >= 4 is 40.6 Å². The number of nitrogens with zero attached hydrogens (tertiary/aromatic N) is 2. The monoisotopic (exact) mass is 385 g/mol. The molecule has 0 aromatic carbocycles. The van der Waals surface area contributed by atoms with Gasteiger partial charge >= 0.3 is 5.97 Å². The zero-order chi connectivity index (χ0) is 18.8. The van der Waals surface area contributed by atoms with Gasteiger partial charge in [-0.05, 0) is 25.1 Å². The van der Waals surface area contributed by atoms with Crippen LogP contribution in [0.2, 0.25) is 0 Å². The number of nitrogens with one attached hydrogen (secondary N) is 1. The number of esters is 1. The summed E-state index contributed by atoms with van der Waals surface area (Å²) in [6.07, 6.45) is 5.11. The molecular weight excluding hydrogens is 366 g/mol. The Morgan fingerprint density at radius 3 is 3.04 bits per heavy atom. The Kier molecular flexibility index (Phi) is 4.89. The molecule has 8 heteroatoms. The Morgan fingerprint density at radius 1 is 1.44 bits per heavy atom. The molecule has 27 heavy (non-hydrogen) atoms. The first-order chi connectivity index (χ1) is 13.2. The van der Waals surface area contributed by atoms with Gasteiger partial charge in [0.1, 0.15) is 5.65 Å². The highest BCUT2D eigenvalue weighted by Gasteiger charge is 2.39. The topological polar surface area (TPSA) is 84.5 Å². The van der Waals surface area contributed by atoms with Crippen molar-refractivity contribution in [2.75, 3.05) is 31.2 Å². The first-order valence-electron chi connectivity index (χ1n) is 8.79. The van der Waals surface area contributed by atoms with Gasteiger partial charge < -0.3 is 19.4 Å². The van der Waals surface area contributed by atoms with Gasteiger partial charge in [0.2, 0.25) is 11.7 Å². The van der Waals surface area contributed by atoms with Crippen LogP contribution in [0, 0.1) is 0 Å². The lowest BCUT2D eigenvalue weighted by atomic mass is 10.1. The predicted octanol–water partition coefficient (Wildman–Crippen LogP) is 2.33.